The number of allylic oxidation sites excluding steroid dienone is 4. The average Bonchev–Trinajstić information content (AvgIpc) is 3.78. The minimum absolute atomic E-state index is 0. The average molecular weight is 937 g/mol. The van der Waals surface area contributed by atoms with Gasteiger partial charge in [-0.15, -0.1) is 37.2 Å². The summed E-state index contributed by atoms with van der Waals surface area (Å²) in [5, 5.41) is 5.54. The Hall–Kier alpha value is -5.74. The summed E-state index contributed by atoms with van der Waals surface area (Å²) in [6, 6.07) is 88.0. The van der Waals surface area contributed by atoms with Gasteiger partial charge in [-0.3, -0.25) is 0 Å². The first-order chi connectivity index (χ1) is 30.1. The van der Waals surface area contributed by atoms with Crippen molar-refractivity contribution in [2.45, 2.75) is 6.42 Å². The van der Waals surface area contributed by atoms with Gasteiger partial charge >= 0.3 is 375 Å². The molecular formula is C59H46Cl3SiTi. The van der Waals surface area contributed by atoms with Crippen LogP contribution in [0.2, 0.25) is 0 Å². The summed E-state index contributed by atoms with van der Waals surface area (Å²) < 4.78 is 1.43. The molecule has 10 rings (SSSR count). The van der Waals surface area contributed by atoms with Gasteiger partial charge in [0.1, 0.15) is 0 Å². The molecule has 5 heteroatoms. The van der Waals surface area contributed by atoms with Crippen LogP contribution in [-0.2, 0) is 20.4 Å². The molecular weight excluding hydrogens is 891 g/mol. The molecule has 0 atom stereocenters. The Morgan fingerprint density at radius 1 is 0.281 bits per heavy atom. The molecule has 0 N–H and O–H groups in total. The second-order valence-corrected chi connectivity index (χ2v) is 20.6. The summed E-state index contributed by atoms with van der Waals surface area (Å²) in [6.45, 7) is 0. The van der Waals surface area contributed by atoms with Crippen molar-refractivity contribution < 1.29 is 20.4 Å². The molecule has 9 aromatic rings. The molecule has 1 aliphatic carbocycles. The summed E-state index contributed by atoms with van der Waals surface area (Å²) in [5.74, 6) is 0. The van der Waals surface area contributed by atoms with Crippen molar-refractivity contribution in [1.29, 1.82) is 0 Å². The molecule has 311 valence electrons. The van der Waals surface area contributed by atoms with Gasteiger partial charge < -0.3 is 0 Å². The fraction of sp³-hybridized carbons (Fsp3) is 0.0169. The summed E-state index contributed by atoms with van der Waals surface area (Å²) in [4.78, 5) is 0. The van der Waals surface area contributed by atoms with E-state index in [0.717, 1.165) is 6.42 Å². The Morgan fingerprint density at radius 3 is 0.688 bits per heavy atom. The Kier molecular flexibility index (Phi) is 15.1. The third-order valence-corrected chi connectivity index (χ3v) is 17.9. The van der Waals surface area contributed by atoms with Crippen LogP contribution in [0.1, 0.15) is 6.42 Å². The second kappa shape index (κ2) is 20.8. The summed E-state index contributed by atoms with van der Waals surface area (Å²) in [7, 11) is -3.25. The van der Waals surface area contributed by atoms with E-state index in [1.807, 2.05) is 0 Å². The molecule has 0 aliphatic heterocycles. The maximum atomic E-state index is 2.54. The number of hydrogen-bond donors (Lipinski definition) is 0. The standard InChI is InChI=1S/C59H43Si.3ClH.Ti/c1-7-21-44(22-8-1)50-35-51(45-23-9-2-10-24-45)39-57(38-50)60(56-33-19-20-34-56,58-40-52(46-25-11-3-12-26-46)36-53(41-58)47-27-13-4-14-28-47)59-42-54(48-29-15-5-16-30-48)37-55(43-59)49-31-17-6-18-32-49;;;;/h1-19,21-33,35-43H,20H2;3*1H;. The fourth-order valence-corrected chi connectivity index (χ4v) is 15.4. The molecule has 0 unspecified atom stereocenters. The van der Waals surface area contributed by atoms with Gasteiger partial charge in [0.15, 0.2) is 0 Å². The van der Waals surface area contributed by atoms with E-state index in [4.69, 9.17) is 0 Å². The zero-order chi connectivity index (χ0) is 41.0. The van der Waals surface area contributed by atoms with E-state index in [2.05, 4.69) is 269 Å². The van der Waals surface area contributed by atoms with Crippen LogP contribution >= 0.6 is 37.2 Å². The fourth-order valence-electron chi connectivity index (χ4n) is 9.14. The van der Waals surface area contributed by atoms with E-state index in [1.54, 1.807) is 0 Å². The Bertz CT molecular complexity index is 2550. The molecule has 0 nitrogen and oxygen atoms in total. The van der Waals surface area contributed by atoms with Crippen molar-refractivity contribution in [2.24, 2.45) is 0 Å². The van der Waals surface area contributed by atoms with E-state index >= 15 is 0 Å². The molecule has 0 amide bonds. The first-order valence-electron chi connectivity index (χ1n) is 21.0. The van der Waals surface area contributed by atoms with E-state index in [-0.39, 0.29) is 37.2 Å². The number of halogens is 3. The van der Waals surface area contributed by atoms with Crippen LogP contribution in [0.4, 0.5) is 0 Å². The summed E-state index contributed by atoms with van der Waals surface area (Å²) >= 11 is 2.37. The van der Waals surface area contributed by atoms with E-state index in [1.165, 1.54) is 91.4 Å². The topological polar surface area (TPSA) is 0 Å². The SMILES string of the molecule is Cl.Cl.Cl.[Ti][C]1=C([Si](c2cc(-c3ccccc3)cc(-c3ccccc3)c2)(c2cc(-c3ccccc3)cc(-c3ccccc3)c2)c2cc(-c3ccccc3)cc(-c3ccccc3)c2)C=CC1. The van der Waals surface area contributed by atoms with Crippen molar-refractivity contribution in [3.8, 4) is 66.8 Å². The second-order valence-electron chi connectivity index (χ2n) is 15.8. The molecule has 0 aromatic heterocycles. The molecule has 0 fully saturated rings. The molecule has 0 saturated heterocycles. The number of benzene rings is 9. The van der Waals surface area contributed by atoms with Crippen molar-refractivity contribution in [1.82, 2.24) is 0 Å². The minimum atomic E-state index is -3.25. The van der Waals surface area contributed by atoms with Crippen LogP contribution in [0.3, 0.4) is 0 Å². The van der Waals surface area contributed by atoms with E-state index in [9.17, 15) is 0 Å². The van der Waals surface area contributed by atoms with Crippen molar-refractivity contribution >= 4 is 60.9 Å². The number of rotatable bonds is 10. The molecule has 0 radical (unpaired) electrons. The third-order valence-electron chi connectivity index (χ3n) is 12.1. The normalized spacial score (nSPS) is 11.9. The van der Waals surface area contributed by atoms with Gasteiger partial charge in [-0.05, 0) is 0 Å². The Labute approximate surface area is 409 Å². The molecule has 0 heterocycles. The van der Waals surface area contributed by atoms with Gasteiger partial charge in [0.25, 0.3) is 0 Å². The van der Waals surface area contributed by atoms with Crippen molar-refractivity contribution in [2.75, 3.05) is 0 Å². The molecule has 0 saturated carbocycles. The van der Waals surface area contributed by atoms with E-state index in [0.29, 0.717) is 0 Å². The Morgan fingerprint density at radius 2 is 0.500 bits per heavy atom. The predicted molar refractivity (Wildman–Crippen MR) is 279 cm³/mol. The van der Waals surface area contributed by atoms with Crippen LogP contribution < -0.4 is 15.6 Å². The van der Waals surface area contributed by atoms with Crippen LogP contribution in [0.25, 0.3) is 66.8 Å². The zero-order valence-electron chi connectivity index (χ0n) is 35.1. The van der Waals surface area contributed by atoms with Gasteiger partial charge in [-0.2, -0.15) is 0 Å². The van der Waals surface area contributed by atoms with Crippen LogP contribution in [0, 0.1) is 0 Å². The van der Waals surface area contributed by atoms with Crippen LogP contribution in [0.15, 0.2) is 258 Å². The molecule has 9 aromatic carbocycles. The quantitative estimate of drug-likeness (QED) is 0.0947. The molecule has 64 heavy (non-hydrogen) atoms. The van der Waals surface area contributed by atoms with Crippen LogP contribution in [-0.4, -0.2) is 8.07 Å². The number of hydrogen-bond acceptors (Lipinski definition) is 0. The monoisotopic (exact) mass is 935 g/mol. The maximum absolute atomic E-state index is 3.25. The van der Waals surface area contributed by atoms with Gasteiger partial charge in [0.2, 0.25) is 0 Å². The van der Waals surface area contributed by atoms with Crippen LogP contribution in [0.5, 0.6) is 0 Å². The first-order valence-corrected chi connectivity index (χ1v) is 23.8. The molecule has 0 bridgehead atoms. The Balaban J connectivity index is 0.00000204. The zero-order valence-corrected chi connectivity index (χ0v) is 40.1. The van der Waals surface area contributed by atoms with Gasteiger partial charge in [-0.1, -0.05) is 0 Å². The molecule has 0 spiro atoms. The van der Waals surface area contributed by atoms with Crippen molar-refractivity contribution in [3.05, 3.63) is 258 Å². The van der Waals surface area contributed by atoms with Gasteiger partial charge in [0.05, 0.1) is 0 Å². The summed E-state index contributed by atoms with van der Waals surface area (Å²) in [5.41, 5.74) is 14.6. The molecule has 1 aliphatic rings. The van der Waals surface area contributed by atoms with Gasteiger partial charge in [-0.25, -0.2) is 0 Å². The third kappa shape index (κ3) is 9.25. The van der Waals surface area contributed by atoms with Crippen molar-refractivity contribution in [3.63, 3.8) is 0 Å². The first kappa shape index (κ1) is 46.3. The van der Waals surface area contributed by atoms with E-state index < -0.39 is 8.07 Å². The summed E-state index contributed by atoms with van der Waals surface area (Å²) in [6.07, 6.45) is 5.80. The van der Waals surface area contributed by atoms with Gasteiger partial charge in [0, 0.05) is 0 Å². The predicted octanol–water partition coefficient (Wildman–Crippen LogP) is 14.7.